The number of rotatable bonds is 3. The lowest BCUT2D eigenvalue weighted by Crippen LogP contribution is -2.03. The van der Waals surface area contributed by atoms with Crippen molar-refractivity contribution in [1.82, 2.24) is 0 Å². The summed E-state index contributed by atoms with van der Waals surface area (Å²) < 4.78 is 82.9. The van der Waals surface area contributed by atoms with Crippen molar-refractivity contribution in [3.63, 3.8) is 0 Å². The van der Waals surface area contributed by atoms with Gasteiger partial charge in [0.2, 0.25) is 0 Å². The van der Waals surface area contributed by atoms with Crippen LogP contribution in [0.2, 0.25) is 0 Å². The minimum atomic E-state index is -3.14. The van der Waals surface area contributed by atoms with Crippen LogP contribution < -0.4 is 0 Å². The molecular formula is C18H8ClF6IS. The molecule has 0 unspecified atom stereocenters. The monoisotopic (exact) mass is 532 g/mol. The maximum atomic E-state index is 13.8. The number of halogens is 8. The largest absolute Gasteiger partial charge is 0.204 e. The van der Waals surface area contributed by atoms with Gasteiger partial charge in [-0.15, -0.1) is 0 Å². The van der Waals surface area contributed by atoms with Crippen molar-refractivity contribution < 1.29 is 26.3 Å². The van der Waals surface area contributed by atoms with Crippen LogP contribution in [0.4, 0.5) is 26.3 Å². The molecule has 0 fully saturated rings. The van der Waals surface area contributed by atoms with E-state index < -0.39 is 44.1 Å². The molecule has 0 saturated heterocycles. The van der Waals surface area contributed by atoms with Crippen LogP contribution in [0.25, 0.3) is 0 Å². The molecule has 3 rings (SSSR count). The summed E-state index contributed by atoms with van der Waals surface area (Å²) in [5, 5.41) is 0. The summed E-state index contributed by atoms with van der Waals surface area (Å²) in [6.45, 7) is 0. The van der Waals surface area contributed by atoms with E-state index in [1.807, 2.05) is 22.6 Å². The Labute approximate surface area is 170 Å². The zero-order chi connectivity index (χ0) is 19.9. The van der Waals surface area contributed by atoms with Crippen LogP contribution in [-0.4, -0.2) is 0 Å². The lowest BCUT2D eigenvalue weighted by Gasteiger charge is -2.34. The Hall–Kier alpha value is -1.39. The van der Waals surface area contributed by atoms with Crippen LogP contribution in [0.1, 0.15) is 0 Å². The highest BCUT2D eigenvalue weighted by Gasteiger charge is 2.33. The third kappa shape index (κ3) is 3.66. The van der Waals surface area contributed by atoms with Crippen molar-refractivity contribution in [2.24, 2.45) is 0 Å². The highest BCUT2D eigenvalue weighted by Crippen LogP contribution is 2.72. The smallest absolute Gasteiger partial charge is 0.194 e. The van der Waals surface area contributed by atoms with Gasteiger partial charge in [-0.3, -0.25) is 0 Å². The molecule has 27 heavy (non-hydrogen) atoms. The average Bonchev–Trinajstić information content (AvgIpc) is 2.63. The normalized spacial score (nSPS) is 12.3. The fourth-order valence-corrected chi connectivity index (χ4v) is 6.01. The Kier molecular flexibility index (Phi) is 5.69. The van der Waals surface area contributed by atoms with Gasteiger partial charge >= 0.3 is 0 Å². The molecule has 0 N–H and O–H groups in total. The Morgan fingerprint density at radius 3 is 1.26 bits per heavy atom. The second kappa shape index (κ2) is 7.56. The number of hydrogen-bond donors (Lipinski definition) is 0. The molecule has 0 aliphatic carbocycles. The Balaban J connectivity index is 2.35. The SMILES string of the molecule is Fc1cc(S(Cl)(c2ccc(I)cc2)c2cc(F)c(F)c(F)c2)cc(F)c1F. The third-order valence-corrected chi connectivity index (χ3v) is 8.72. The van der Waals surface area contributed by atoms with Crippen molar-refractivity contribution >= 4 is 42.5 Å². The molecule has 0 spiro atoms. The van der Waals surface area contributed by atoms with Gasteiger partial charge in [0.15, 0.2) is 34.9 Å². The first kappa shape index (κ1) is 20.3. The lowest BCUT2D eigenvalue weighted by molar-refractivity contribution is 0.442. The van der Waals surface area contributed by atoms with Crippen molar-refractivity contribution in [2.45, 2.75) is 14.7 Å². The van der Waals surface area contributed by atoms with Gasteiger partial charge in [-0.2, -0.15) is 0 Å². The molecule has 0 radical (unpaired) electrons. The zero-order valence-corrected chi connectivity index (χ0v) is 16.8. The first-order valence-electron chi connectivity index (χ1n) is 7.22. The summed E-state index contributed by atoms with van der Waals surface area (Å²) in [6.07, 6.45) is 0. The second-order valence-electron chi connectivity index (χ2n) is 5.39. The van der Waals surface area contributed by atoms with Crippen molar-refractivity contribution in [1.29, 1.82) is 0 Å². The molecule has 0 heterocycles. The molecule has 9 heteroatoms. The van der Waals surface area contributed by atoms with E-state index in [1.54, 1.807) is 12.1 Å². The van der Waals surface area contributed by atoms with E-state index in [2.05, 4.69) is 0 Å². The molecule has 0 aliphatic heterocycles. The molecule has 0 atom stereocenters. The second-order valence-corrected chi connectivity index (χ2v) is 10.5. The highest BCUT2D eigenvalue weighted by atomic mass is 127. The van der Waals surface area contributed by atoms with Gasteiger partial charge in [0.05, 0.1) is 0 Å². The molecule has 0 nitrogen and oxygen atoms in total. The molecule has 0 aliphatic rings. The molecule has 0 bridgehead atoms. The van der Waals surface area contributed by atoms with Crippen LogP contribution in [-0.2, 0) is 0 Å². The van der Waals surface area contributed by atoms with Gasteiger partial charge in [0.1, 0.15) is 0 Å². The summed E-state index contributed by atoms with van der Waals surface area (Å²) in [6, 6.07) is 8.95. The minimum Gasteiger partial charge on any atom is -0.204 e. The van der Waals surface area contributed by atoms with E-state index in [1.165, 1.54) is 12.1 Å². The van der Waals surface area contributed by atoms with Crippen LogP contribution in [0, 0.1) is 38.5 Å². The first-order valence-corrected chi connectivity index (χ1v) is 10.8. The van der Waals surface area contributed by atoms with Crippen LogP contribution in [0.3, 0.4) is 0 Å². The first-order chi connectivity index (χ1) is 12.6. The van der Waals surface area contributed by atoms with Gasteiger partial charge in [0.25, 0.3) is 0 Å². The van der Waals surface area contributed by atoms with Gasteiger partial charge in [-0.05, 0) is 71.1 Å². The summed E-state index contributed by atoms with van der Waals surface area (Å²) in [7, 11) is 3.59. The molecule has 0 amide bonds. The van der Waals surface area contributed by atoms with E-state index in [0.29, 0.717) is 24.3 Å². The summed E-state index contributed by atoms with van der Waals surface area (Å²) in [5.74, 6) is -9.41. The van der Waals surface area contributed by atoms with E-state index in [-0.39, 0.29) is 14.7 Å². The fraction of sp³-hybridized carbons (Fsp3) is 0. The maximum Gasteiger partial charge on any atom is 0.194 e. The van der Waals surface area contributed by atoms with Gasteiger partial charge in [-0.25, -0.2) is 26.3 Å². The van der Waals surface area contributed by atoms with Gasteiger partial charge in [0, 0.05) is 18.3 Å². The molecule has 3 aromatic carbocycles. The highest BCUT2D eigenvalue weighted by molar-refractivity contribution is 14.1. The van der Waals surface area contributed by atoms with Crippen molar-refractivity contribution in [3.8, 4) is 0 Å². The quantitative estimate of drug-likeness (QED) is 0.186. The Morgan fingerprint density at radius 2 is 0.926 bits per heavy atom. The standard InChI is InChI=1S/C18H8ClF6IS/c19-27(10-3-1-9(26)2-4-10,11-5-13(20)17(24)14(21)6-11)12-7-15(22)18(25)16(23)8-12/h1-8H. The van der Waals surface area contributed by atoms with E-state index in [4.69, 9.17) is 10.7 Å². The minimum absolute atomic E-state index is 0.229. The van der Waals surface area contributed by atoms with Crippen molar-refractivity contribution in [2.75, 3.05) is 0 Å². The summed E-state index contributed by atoms with van der Waals surface area (Å²) in [4.78, 5) is -0.181. The van der Waals surface area contributed by atoms with E-state index >= 15 is 0 Å². The summed E-state index contributed by atoms with van der Waals surface area (Å²) in [5.41, 5.74) is 0. The molecule has 0 saturated carbocycles. The maximum absolute atomic E-state index is 13.8. The predicted octanol–water partition coefficient (Wildman–Crippen LogP) is 7.56. The fourth-order valence-electron chi connectivity index (χ4n) is 2.42. The predicted molar refractivity (Wildman–Crippen MR) is 100 cm³/mol. The molecular weight excluding hydrogens is 525 g/mol. The van der Waals surface area contributed by atoms with Crippen LogP contribution in [0.15, 0.2) is 63.2 Å². The van der Waals surface area contributed by atoms with Crippen molar-refractivity contribution in [3.05, 3.63) is 87.0 Å². The molecule has 0 aromatic heterocycles. The van der Waals surface area contributed by atoms with Crippen LogP contribution >= 0.6 is 42.5 Å². The zero-order valence-electron chi connectivity index (χ0n) is 13.1. The topological polar surface area (TPSA) is 0 Å². The molecule has 142 valence electrons. The third-order valence-electron chi connectivity index (χ3n) is 3.70. The van der Waals surface area contributed by atoms with Gasteiger partial charge in [-0.1, -0.05) is 19.9 Å². The van der Waals surface area contributed by atoms with Gasteiger partial charge < -0.3 is 0 Å². The summed E-state index contributed by atoms with van der Waals surface area (Å²) >= 11 is 2.01. The Morgan fingerprint density at radius 1 is 0.593 bits per heavy atom. The number of hydrogen-bond acceptors (Lipinski definition) is 0. The lowest BCUT2D eigenvalue weighted by atomic mass is 10.3. The molecule has 3 aromatic rings. The van der Waals surface area contributed by atoms with E-state index in [9.17, 15) is 26.3 Å². The Bertz CT molecular complexity index is 921. The average molecular weight is 533 g/mol. The van der Waals surface area contributed by atoms with E-state index in [0.717, 1.165) is 3.57 Å². The number of benzene rings is 3. The van der Waals surface area contributed by atoms with Crippen LogP contribution in [0.5, 0.6) is 0 Å².